The molecule has 0 fully saturated rings. The van der Waals surface area contributed by atoms with Crippen LogP contribution in [0.15, 0.2) is 23.1 Å². The molecule has 0 aliphatic carbocycles. The Labute approximate surface area is 102 Å². The molecule has 1 aromatic carbocycles. The third-order valence-corrected chi connectivity index (χ3v) is 3.14. The fourth-order valence-electron chi connectivity index (χ4n) is 1.23. The first kappa shape index (κ1) is 13.2. The largest absolute Gasteiger partial charge is 0.494 e. The van der Waals surface area contributed by atoms with Crippen LogP contribution in [0.2, 0.25) is 0 Å². The van der Waals surface area contributed by atoms with E-state index in [1.807, 2.05) is 25.1 Å². The maximum absolute atomic E-state index is 5.91. The van der Waals surface area contributed by atoms with Crippen LogP contribution < -0.4 is 10.5 Å². The summed E-state index contributed by atoms with van der Waals surface area (Å²) >= 11 is 1.77. The highest BCUT2D eigenvalue weighted by Crippen LogP contribution is 2.29. The number of anilines is 1. The molecule has 0 aromatic heterocycles. The van der Waals surface area contributed by atoms with Crippen molar-refractivity contribution in [1.29, 1.82) is 0 Å². The summed E-state index contributed by atoms with van der Waals surface area (Å²) < 4.78 is 5.45. The van der Waals surface area contributed by atoms with E-state index in [1.54, 1.807) is 11.8 Å². The van der Waals surface area contributed by atoms with Crippen LogP contribution in [-0.4, -0.2) is 37.9 Å². The minimum Gasteiger partial charge on any atom is -0.494 e. The van der Waals surface area contributed by atoms with Crippen molar-refractivity contribution in [3.05, 3.63) is 18.2 Å². The number of nitrogens with zero attached hydrogens (tertiary/aromatic N) is 1. The van der Waals surface area contributed by atoms with E-state index < -0.39 is 0 Å². The third kappa shape index (κ3) is 4.33. The zero-order valence-electron chi connectivity index (χ0n) is 10.2. The first-order valence-corrected chi connectivity index (χ1v) is 6.42. The van der Waals surface area contributed by atoms with Crippen molar-refractivity contribution in [3.63, 3.8) is 0 Å². The first-order valence-electron chi connectivity index (χ1n) is 5.43. The molecule has 0 atom stereocenters. The van der Waals surface area contributed by atoms with Crippen LogP contribution >= 0.6 is 11.8 Å². The van der Waals surface area contributed by atoms with Gasteiger partial charge in [0.2, 0.25) is 0 Å². The SMILES string of the molecule is CCOc1ccc(N)c(SCCN(C)C)c1. The first-order chi connectivity index (χ1) is 7.63. The van der Waals surface area contributed by atoms with Gasteiger partial charge in [-0.25, -0.2) is 0 Å². The zero-order chi connectivity index (χ0) is 12.0. The highest BCUT2D eigenvalue weighted by molar-refractivity contribution is 7.99. The van der Waals surface area contributed by atoms with Crippen LogP contribution in [0.1, 0.15) is 6.92 Å². The van der Waals surface area contributed by atoms with E-state index in [0.717, 1.165) is 28.6 Å². The second-order valence-electron chi connectivity index (χ2n) is 3.78. The van der Waals surface area contributed by atoms with Gasteiger partial charge in [-0.15, -0.1) is 11.8 Å². The maximum atomic E-state index is 5.91. The smallest absolute Gasteiger partial charge is 0.120 e. The molecule has 0 amide bonds. The van der Waals surface area contributed by atoms with Gasteiger partial charge in [0.05, 0.1) is 6.61 Å². The van der Waals surface area contributed by atoms with E-state index in [0.29, 0.717) is 6.61 Å². The Kier molecular flexibility index (Phi) is 5.49. The number of nitrogen functional groups attached to an aromatic ring is 1. The monoisotopic (exact) mass is 240 g/mol. The molecule has 0 saturated carbocycles. The molecule has 0 bridgehead atoms. The summed E-state index contributed by atoms with van der Waals surface area (Å²) in [5.41, 5.74) is 6.74. The van der Waals surface area contributed by atoms with E-state index in [4.69, 9.17) is 10.5 Å². The van der Waals surface area contributed by atoms with Gasteiger partial charge in [-0.1, -0.05) is 0 Å². The summed E-state index contributed by atoms with van der Waals surface area (Å²) in [6, 6.07) is 5.83. The van der Waals surface area contributed by atoms with E-state index in [9.17, 15) is 0 Å². The molecule has 0 aliphatic rings. The van der Waals surface area contributed by atoms with Gasteiger partial charge < -0.3 is 15.4 Å². The van der Waals surface area contributed by atoms with Crippen LogP contribution in [-0.2, 0) is 0 Å². The summed E-state index contributed by atoms with van der Waals surface area (Å²) in [5, 5.41) is 0. The molecule has 0 radical (unpaired) electrons. The van der Waals surface area contributed by atoms with Crippen LogP contribution in [0, 0.1) is 0 Å². The second-order valence-corrected chi connectivity index (χ2v) is 4.92. The second kappa shape index (κ2) is 6.66. The Morgan fingerprint density at radius 3 is 2.75 bits per heavy atom. The number of hydrogen-bond acceptors (Lipinski definition) is 4. The minimum absolute atomic E-state index is 0.686. The molecule has 4 heteroatoms. The Balaban J connectivity index is 2.59. The molecule has 0 aliphatic heterocycles. The average molecular weight is 240 g/mol. The summed E-state index contributed by atoms with van der Waals surface area (Å²) in [7, 11) is 4.14. The van der Waals surface area contributed by atoms with Gasteiger partial charge in [0.15, 0.2) is 0 Å². The molecule has 2 N–H and O–H groups in total. The Hall–Kier alpha value is -0.870. The van der Waals surface area contributed by atoms with Crippen LogP contribution in [0.4, 0.5) is 5.69 Å². The number of nitrogens with two attached hydrogens (primary N) is 1. The molecular weight excluding hydrogens is 220 g/mol. The summed E-state index contributed by atoms with van der Waals surface area (Å²) in [4.78, 5) is 3.27. The Morgan fingerprint density at radius 1 is 1.38 bits per heavy atom. The number of ether oxygens (including phenoxy) is 1. The number of thioether (sulfide) groups is 1. The van der Waals surface area contributed by atoms with Gasteiger partial charge in [0, 0.05) is 22.9 Å². The number of rotatable bonds is 6. The van der Waals surface area contributed by atoms with Crippen molar-refractivity contribution in [1.82, 2.24) is 4.90 Å². The fraction of sp³-hybridized carbons (Fsp3) is 0.500. The highest BCUT2D eigenvalue weighted by Gasteiger charge is 2.03. The molecule has 0 saturated heterocycles. The molecule has 3 nitrogen and oxygen atoms in total. The molecule has 0 unspecified atom stereocenters. The number of hydrogen-bond donors (Lipinski definition) is 1. The van der Waals surface area contributed by atoms with Gasteiger partial charge >= 0.3 is 0 Å². The zero-order valence-corrected chi connectivity index (χ0v) is 11.0. The van der Waals surface area contributed by atoms with Crippen molar-refractivity contribution < 1.29 is 4.74 Å². The number of benzene rings is 1. The molecule has 1 aromatic rings. The van der Waals surface area contributed by atoms with Crippen LogP contribution in [0.3, 0.4) is 0 Å². The van der Waals surface area contributed by atoms with Crippen molar-refractivity contribution in [2.75, 3.05) is 38.7 Å². The Morgan fingerprint density at radius 2 is 2.12 bits per heavy atom. The summed E-state index contributed by atoms with van der Waals surface area (Å²) in [6.45, 7) is 3.71. The van der Waals surface area contributed by atoms with Gasteiger partial charge in [0.25, 0.3) is 0 Å². The van der Waals surface area contributed by atoms with Crippen LogP contribution in [0.5, 0.6) is 5.75 Å². The quantitative estimate of drug-likeness (QED) is 0.612. The van der Waals surface area contributed by atoms with E-state index >= 15 is 0 Å². The molecule has 0 spiro atoms. The van der Waals surface area contributed by atoms with Crippen molar-refractivity contribution >= 4 is 17.4 Å². The van der Waals surface area contributed by atoms with E-state index in [1.165, 1.54) is 0 Å². The van der Waals surface area contributed by atoms with Crippen molar-refractivity contribution in [2.45, 2.75) is 11.8 Å². The van der Waals surface area contributed by atoms with Gasteiger partial charge in [0.1, 0.15) is 5.75 Å². The normalized spacial score (nSPS) is 10.8. The van der Waals surface area contributed by atoms with E-state index in [-0.39, 0.29) is 0 Å². The van der Waals surface area contributed by atoms with Crippen LogP contribution in [0.25, 0.3) is 0 Å². The van der Waals surface area contributed by atoms with Crippen molar-refractivity contribution in [3.8, 4) is 5.75 Å². The summed E-state index contributed by atoms with van der Waals surface area (Å²) in [6.07, 6.45) is 0. The Bertz CT molecular complexity index is 329. The fourth-order valence-corrected chi connectivity index (χ4v) is 2.34. The average Bonchev–Trinajstić information content (AvgIpc) is 2.22. The van der Waals surface area contributed by atoms with Gasteiger partial charge in [-0.2, -0.15) is 0 Å². The van der Waals surface area contributed by atoms with Crippen molar-refractivity contribution in [2.24, 2.45) is 0 Å². The molecular formula is C12H20N2OS. The van der Waals surface area contributed by atoms with E-state index in [2.05, 4.69) is 19.0 Å². The minimum atomic E-state index is 0.686. The molecule has 90 valence electrons. The molecule has 0 heterocycles. The molecule has 1 rings (SSSR count). The predicted octanol–water partition coefficient (Wildman–Crippen LogP) is 2.32. The maximum Gasteiger partial charge on any atom is 0.120 e. The summed E-state index contributed by atoms with van der Waals surface area (Å²) in [5.74, 6) is 1.93. The lowest BCUT2D eigenvalue weighted by atomic mass is 10.3. The topological polar surface area (TPSA) is 38.5 Å². The lowest BCUT2D eigenvalue weighted by Crippen LogP contribution is -2.14. The third-order valence-electron chi connectivity index (χ3n) is 2.09. The molecule has 16 heavy (non-hydrogen) atoms. The standard InChI is InChI=1S/C12H20N2OS/c1-4-15-10-5-6-11(13)12(9-10)16-8-7-14(2)3/h5-6,9H,4,7-8,13H2,1-3H3. The lowest BCUT2D eigenvalue weighted by Gasteiger charge is -2.11. The van der Waals surface area contributed by atoms with Gasteiger partial charge in [-0.3, -0.25) is 0 Å². The lowest BCUT2D eigenvalue weighted by molar-refractivity contribution is 0.339. The highest BCUT2D eigenvalue weighted by atomic mass is 32.2. The van der Waals surface area contributed by atoms with Gasteiger partial charge in [-0.05, 0) is 39.2 Å². The predicted molar refractivity (Wildman–Crippen MR) is 71.3 cm³/mol.